The van der Waals surface area contributed by atoms with E-state index in [-0.39, 0.29) is 18.3 Å². The Balaban J connectivity index is 2.69. The molecule has 1 rings (SSSR count). The number of carbonyl (C=O) groups is 1. The van der Waals surface area contributed by atoms with Gasteiger partial charge in [-0.25, -0.2) is 0 Å². The quantitative estimate of drug-likeness (QED) is 0.171. The van der Waals surface area contributed by atoms with Crippen molar-refractivity contribution in [1.29, 1.82) is 0 Å². The molecule has 1 fully saturated rings. The van der Waals surface area contributed by atoms with Crippen LogP contribution in [-0.4, -0.2) is 32.9 Å². The summed E-state index contributed by atoms with van der Waals surface area (Å²) in [6, 6.07) is 3.48. The second kappa shape index (κ2) is 11.7. The highest BCUT2D eigenvalue weighted by molar-refractivity contribution is 6.73. The molecule has 1 saturated heterocycles. The van der Waals surface area contributed by atoms with Gasteiger partial charge >= 0.3 is 0 Å². The molecule has 0 radical (unpaired) electrons. The van der Waals surface area contributed by atoms with Crippen molar-refractivity contribution in [2.45, 2.75) is 103 Å². The lowest BCUT2D eigenvalue weighted by Gasteiger charge is -2.34. The number of hydrogen-bond acceptors (Lipinski definition) is 3. The van der Waals surface area contributed by atoms with Crippen LogP contribution in [0, 0.1) is 0 Å². The van der Waals surface area contributed by atoms with Crippen molar-refractivity contribution in [3.05, 3.63) is 30.0 Å². The molecule has 0 aromatic carbocycles. The summed E-state index contributed by atoms with van der Waals surface area (Å²) in [6.07, 6.45) is 6.49. The molecule has 0 N–H and O–H groups in total. The molecule has 0 unspecified atom stereocenters. The predicted octanol–water partition coefficient (Wildman–Crippen LogP) is 5.97. The third-order valence-corrected chi connectivity index (χ3v) is 10.5. The van der Waals surface area contributed by atoms with E-state index >= 15 is 0 Å². The van der Waals surface area contributed by atoms with Crippen molar-refractivity contribution >= 4 is 14.6 Å². The molecule has 0 saturated carbocycles. The minimum atomic E-state index is -1.65. The molecule has 3 nitrogen and oxygen atoms in total. The van der Waals surface area contributed by atoms with Gasteiger partial charge in [0.05, 0.1) is 12.2 Å². The van der Waals surface area contributed by atoms with Crippen LogP contribution in [0.3, 0.4) is 0 Å². The molecule has 0 aliphatic carbocycles. The van der Waals surface area contributed by atoms with Crippen LogP contribution in [0.5, 0.6) is 0 Å². The van der Waals surface area contributed by atoms with Gasteiger partial charge in [-0.3, -0.25) is 0 Å². The normalized spacial score (nSPS) is 21.5. The van der Waals surface area contributed by atoms with Crippen LogP contribution in [0.1, 0.15) is 66.2 Å². The molecule has 0 spiro atoms. The van der Waals surface area contributed by atoms with E-state index in [4.69, 9.17) is 9.16 Å². The summed E-state index contributed by atoms with van der Waals surface area (Å²) in [5.74, 6) is 0. The Labute approximate surface area is 161 Å². The zero-order chi connectivity index (χ0) is 19.6. The van der Waals surface area contributed by atoms with Crippen LogP contribution >= 0.6 is 0 Å². The third kappa shape index (κ3) is 7.00. The molecular weight excluding hydrogens is 340 g/mol. The number of carbonyl (C=O) groups excluding carboxylic acids is 1. The summed E-state index contributed by atoms with van der Waals surface area (Å²) in [4.78, 5) is 10.6. The van der Waals surface area contributed by atoms with Gasteiger partial charge in [0.2, 0.25) is 0 Å². The molecule has 0 bridgehead atoms. The highest BCUT2D eigenvalue weighted by Gasteiger charge is 2.33. The van der Waals surface area contributed by atoms with E-state index in [0.717, 1.165) is 62.1 Å². The second-order valence-corrected chi connectivity index (χ2v) is 12.3. The fourth-order valence-electron chi connectivity index (χ4n) is 3.80. The zero-order valence-electron chi connectivity index (χ0n) is 17.3. The third-order valence-electron chi connectivity index (χ3n) is 5.84. The molecule has 1 aliphatic rings. The van der Waals surface area contributed by atoms with Gasteiger partial charge in [0.15, 0.2) is 8.32 Å². The number of hydrogen-bond donors (Lipinski definition) is 0. The number of ether oxygens (including phenoxy) is 1. The van der Waals surface area contributed by atoms with Gasteiger partial charge in [-0.2, -0.15) is 0 Å². The van der Waals surface area contributed by atoms with E-state index in [1.807, 2.05) is 0 Å². The summed E-state index contributed by atoms with van der Waals surface area (Å²) in [6.45, 7) is 16.9. The maximum atomic E-state index is 10.6. The highest BCUT2D eigenvalue weighted by Crippen LogP contribution is 2.32. The van der Waals surface area contributed by atoms with Gasteiger partial charge in [-0.05, 0) is 61.9 Å². The van der Waals surface area contributed by atoms with Gasteiger partial charge in [0.25, 0.3) is 0 Å². The lowest BCUT2D eigenvalue weighted by molar-refractivity contribution is -0.108. The molecule has 148 valence electrons. The van der Waals surface area contributed by atoms with Crippen LogP contribution in [0.25, 0.3) is 0 Å². The van der Waals surface area contributed by atoms with Crippen molar-refractivity contribution in [3.8, 4) is 0 Å². The number of aldehydes is 1. The first-order valence-electron chi connectivity index (χ1n) is 10.2. The van der Waals surface area contributed by atoms with E-state index in [1.165, 1.54) is 5.57 Å². The molecule has 26 heavy (non-hydrogen) atoms. The fourth-order valence-corrected chi connectivity index (χ4v) is 6.71. The Morgan fingerprint density at radius 1 is 1.35 bits per heavy atom. The Bertz CT molecular complexity index is 495. The van der Waals surface area contributed by atoms with E-state index in [0.29, 0.717) is 6.42 Å². The lowest BCUT2D eigenvalue weighted by atomic mass is 9.99. The topological polar surface area (TPSA) is 35.5 Å². The van der Waals surface area contributed by atoms with E-state index in [9.17, 15) is 4.79 Å². The van der Waals surface area contributed by atoms with Crippen LogP contribution in [0.15, 0.2) is 30.0 Å². The van der Waals surface area contributed by atoms with Crippen molar-refractivity contribution in [3.63, 3.8) is 0 Å². The summed E-state index contributed by atoms with van der Waals surface area (Å²) < 4.78 is 12.9. The van der Waals surface area contributed by atoms with Crippen LogP contribution < -0.4 is 0 Å². The van der Waals surface area contributed by atoms with Gasteiger partial charge in [-0.1, -0.05) is 33.9 Å². The Morgan fingerprint density at radius 3 is 2.54 bits per heavy atom. The van der Waals surface area contributed by atoms with Crippen LogP contribution in [-0.2, 0) is 14.0 Å². The van der Waals surface area contributed by atoms with Crippen molar-refractivity contribution < 1.29 is 14.0 Å². The first-order chi connectivity index (χ1) is 12.4. The first-order valence-corrected chi connectivity index (χ1v) is 12.8. The highest BCUT2D eigenvalue weighted by atomic mass is 28.4. The monoisotopic (exact) mass is 378 g/mol. The van der Waals surface area contributed by atoms with Crippen LogP contribution in [0.2, 0.25) is 18.1 Å². The van der Waals surface area contributed by atoms with Gasteiger partial charge < -0.3 is 14.0 Å². The smallest absolute Gasteiger partial charge is 0.192 e. The molecule has 0 aromatic rings. The lowest BCUT2D eigenvalue weighted by Crippen LogP contribution is -2.40. The largest absolute Gasteiger partial charge is 0.414 e. The summed E-state index contributed by atoms with van der Waals surface area (Å²) >= 11 is 0. The van der Waals surface area contributed by atoms with Crippen molar-refractivity contribution in [2.24, 2.45) is 0 Å². The molecule has 3 atom stereocenters. The number of rotatable bonds is 13. The molecule has 1 aliphatic heterocycles. The standard InChI is InChI=1S/C22H38O3Si/c1-7-18(5)16-21(25-26(8-2,9-3)10-4)13-14-22-19(6)17-20(24-22)12-11-15-23/h15,20-22H,1,6,8-14,16-17H2,2-5H3/t20-,21-,22-/m0/s1. The predicted molar refractivity (Wildman–Crippen MR) is 112 cm³/mol. The fraction of sp³-hybridized carbons (Fsp3) is 0.727. The van der Waals surface area contributed by atoms with Gasteiger partial charge in [0, 0.05) is 18.9 Å². The van der Waals surface area contributed by atoms with Crippen LogP contribution in [0.4, 0.5) is 0 Å². The Hall–Kier alpha value is -0.933. The molecular formula is C22H38O3Si. The zero-order valence-corrected chi connectivity index (χ0v) is 18.3. The minimum Gasteiger partial charge on any atom is -0.414 e. The molecule has 0 aromatic heterocycles. The second-order valence-electron chi connectivity index (χ2n) is 7.58. The van der Waals surface area contributed by atoms with Crippen molar-refractivity contribution in [1.82, 2.24) is 0 Å². The molecule has 1 heterocycles. The average Bonchev–Trinajstić information content (AvgIpc) is 3.01. The summed E-state index contributed by atoms with van der Waals surface area (Å²) in [5, 5.41) is 0. The van der Waals surface area contributed by atoms with Gasteiger partial charge in [0.1, 0.15) is 6.29 Å². The summed E-state index contributed by atoms with van der Waals surface area (Å²) in [7, 11) is -1.65. The molecule has 0 amide bonds. The van der Waals surface area contributed by atoms with Crippen molar-refractivity contribution in [2.75, 3.05) is 0 Å². The summed E-state index contributed by atoms with van der Waals surface area (Å²) in [5.41, 5.74) is 5.35. The van der Waals surface area contributed by atoms with E-state index < -0.39 is 8.32 Å². The SMILES string of the molecule is C=C=C(C)C[C@H](CC[C@@H]1O[C@@H](CCC=O)CC1=C)O[Si](CC)(CC)CC. The minimum absolute atomic E-state index is 0.103. The molecule has 4 heteroatoms. The maximum absolute atomic E-state index is 10.6. The average molecular weight is 379 g/mol. The van der Waals surface area contributed by atoms with E-state index in [1.54, 1.807) is 0 Å². The Morgan fingerprint density at radius 2 is 2.00 bits per heavy atom. The first kappa shape index (κ1) is 23.1. The Kier molecular flexibility index (Phi) is 10.4. The maximum Gasteiger partial charge on any atom is 0.192 e. The van der Waals surface area contributed by atoms with E-state index in [2.05, 4.69) is 46.6 Å². The van der Waals surface area contributed by atoms with Gasteiger partial charge in [-0.15, -0.1) is 5.73 Å².